The second-order valence-electron chi connectivity index (χ2n) is 9.03. The Morgan fingerprint density at radius 2 is 1.82 bits per heavy atom. The summed E-state index contributed by atoms with van der Waals surface area (Å²) in [6.07, 6.45) is 0.590. The van der Waals surface area contributed by atoms with Gasteiger partial charge < -0.3 is 15.0 Å². The van der Waals surface area contributed by atoms with Crippen LogP contribution in [0.4, 0.5) is 5.82 Å². The first-order valence-corrected chi connectivity index (χ1v) is 9.53. The summed E-state index contributed by atoms with van der Waals surface area (Å²) in [6.45, 7) is 16.0. The standard InChI is InChI=1S/C21H32N4O3/c1-10-13-16(19(27)28-9)12(2)17(22-13)18(26)23-15-11-14(20(3,4)5)24-25(15)21(6,7)8/h11,22H,10H2,1-9H3,(H,23,26). The van der Waals surface area contributed by atoms with E-state index in [1.54, 1.807) is 6.92 Å². The molecule has 0 fully saturated rings. The van der Waals surface area contributed by atoms with E-state index in [0.717, 1.165) is 5.69 Å². The van der Waals surface area contributed by atoms with Crippen molar-refractivity contribution in [2.24, 2.45) is 0 Å². The van der Waals surface area contributed by atoms with Crippen LogP contribution in [0.2, 0.25) is 0 Å². The molecule has 0 aliphatic heterocycles. The number of rotatable bonds is 4. The molecule has 2 aromatic rings. The monoisotopic (exact) mass is 388 g/mol. The maximum Gasteiger partial charge on any atom is 0.339 e. The van der Waals surface area contributed by atoms with Gasteiger partial charge >= 0.3 is 5.97 Å². The molecule has 28 heavy (non-hydrogen) atoms. The highest BCUT2D eigenvalue weighted by Gasteiger charge is 2.28. The van der Waals surface area contributed by atoms with Gasteiger partial charge in [-0.1, -0.05) is 27.7 Å². The SMILES string of the molecule is CCc1[nH]c(C(=O)Nc2cc(C(C)(C)C)nn2C(C)(C)C)c(C)c1C(=O)OC. The Bertz CT molecular complexity index is 892. The first-order valence-electron chi connectivity index (χ1n) is 9.53. The lowest BCUT2D eigenvalue weighted by Gasteiger charge is -2.23. The van der Waals surface area contributed by atoms with Gasteiger partial charge in [0.25, 0.3) is 5.91 Å². The number of H-pyrrole nitrogens is 1. The number of esters is 1. The fourth-order valence-corrected chi connectivity index (χ4v) is 3.06. The molecule has 0 bridgehead atoms. The number of carbonyl (C=O) groups is 2. The summed E-state index contributed by atoms with van der Waals surface area (Å²) in [4.78, 5) is 28.2. The van der Waals surface area contributed by atoms with Crippen molar-refractivity contribution < 1.29 is 14.3 Å². The summed E-state index contributed by atoms with van der Waals surface area (Å²) < 4.78 is 6.70. The Hall–Kier alpha value is -2.57. The number of aromatic amines is 1. The van der Waals surface area contributed by atoms with Gasteiger partial charge in [-0.15, -0.1) is 0 Å². The second-order valence-corrected chi connectivity index (χ2v) is 9.03. The predicted molar refractivity (Wildman–Crippen MR) is 110 cm³/mol. The molecule has 0 saturated carbocycles. The molecule has 0 aliphatic carbocycles. The van der Waals surface area contributed by atoms with Crippen LogP contribution in [-0.4, -0.2) is 33.8 Å². The molecular formula is C21H32N4O3. The van der Waals surface area contributed by atoms with Gasteiger partial charge in [-0.25, -0.2) is 9.48 Å². The third-order valence-electron chi connectivity index (χ3n) is 4.65. The molecule has 2 rings (SSSR count). The van der Waals surface area contributed by atoms with E-state index < -0.39 is 5.97 Å². The van der Waals surface area contributed by atoms with Crippen molar-refractivity contribution in [1.82, 2.24) is 14.8 Å². The number of hydrogen-bond acceptors (Lipinski definition) is 4. The smallest absolute Gasteiger partial charge is 0.339 e. The quantitative estimate of drug-likeness (QED) is 0.769. The van der Waals surface area contributed by atoms with E-state index in [-0.39, 0.29) is 16.9 Å². The van der Waals surface area contributed by atoms with E-state index >= 15 is 0 Å². The summed E-state index contributed by atoms with van der Waals surface area (Å²) in [5.74, 6) is -0.137. The highest BCUT2D eigenvalue weighted by molar-refractivity contribution is 6.06. The number of nitrogens with one attached hydrogen (secondary N) is 2. The van der Waals surface area contributed by atoms with Crippen molar-refractivity contribution in [3.8, 4) is 0 Å². The predicted octanol–water partition coefficient (Wildman–Crippen LogP) is 4.17. The molecule has 7 nitrogen and oxygen atoms in total. The molecular weight excluding hydrogens is 356 g/mol. The molecule has 0 radical (unpaired) electrons. The Balaban J connectivity index is 2.47. The minimum absolute atomic E-state index is 0.147. The van der Waals surface area contributed by atoms with E-state index in [9.17, 15) is 9.59 Å². The molecule has 154 valence electrons. The zero-order valence-corrected chi connectivity index (χ0v) is 18.4. The first kappa shape index (κ1) is 21.7. The Morgan fingerprint density at radius 1 is 1.21 bits per heavy atom. The molecule has 0 unspecified atom stereocenters. The van der Waals surface area contributed by atoms with Crippen LogP contribution in [-0.2, 0) is 22.1 Å². The summed E-state index contributed by atoms with van der Waals surface area (Å²) >= 11 is 0. The number of amides is 1. The molecule has 0 aromatic carbocycles. The van der Waals surface area contributed by atoms with Gasteiger partial charge in [0.05, 0.1) is 23.9 Å². The van der Waals surface area contributed by atoms with Crippen LogP contribution in [0.1, 0.15) is 86.3 Å². The maximum atomic E-state index is 13.0. The van der Waals surface area contributed by atoms with Gasteiger partial charge in [-0.2, -0.15) is 5.10 Å². The number of nitrogens with zero attached hydrogens (tertiary/aromatic N) is 2. The number of ether oxygens (including phenoxy) is 1. The number of aryl methyl sites for hydroxylation is 1. The minimum atomic E-state index is -0.445. The third-order valence-corrected chi connectivity index (χ3v) is 4.65. The van der Waals surface area contributed by atoms with Crippen molar-refractivity contribution in [1.29, 1.82) is 0 Å². The topological polar surface area (TPSA) is 89.0 Å². The molecule has 0 spiro atoms. The van der Waals surface area contributed by atoms with Crippen LogP contribution in [0.5, 0.6) is 0 Å². The third kappa shape index (κ3) is 4.13. The highest BCUT2D eigenvalue weighted by atomic mass is 16.5. The van der Waals surface area contributed by atoms with Crippen LogP contribution in [0.3, 0.4) is 0 Å². The van der Waals surface area contributed by atoms with Gasteiger partial charge in [0.1, 0.15) is 11.5 Å². The zero-order valence-electron chi connectivity index (χ0n) is 18.4. The van der Waals surface area contributed by atoms with Crippen molar-refractivity contribution in [2.75, 3.05) is 12.4 Å². The van der Waals surface area contributed by atoms with Gasteiger partial charge in [0.2, 0.25) is 0 Å². The van der Waals surface area contributed by atoms with E-state index in [1.165, 1.54) is 7.11 Å². The summed E-state index contributed by atoms with van der Waals surface area (Å²) in [5, 5.41) is 7.69. The summed E-state index contributed by atoms with van der Waals surface area (Å²) in [6, 6.07) is 1.91. The number of carbonyl (C=O) groups excluding carboxylic acids is 2. The van der Waals surface area contributed by atoms with Crippen LogP contribution < -0.4 is 5.32 Å². The summed E-state index contributed by atoms with van der Waals surface area (Å²) in [5.41, 5.74) is 2.50. The van der Waals surface area contributed by atoms with E-state index in [0.29, 0.717) is 34.8 Å². The normalized spacial score (nSPS) is 12.2. The van der Waals surface area contributed by atoms with Crippen LogP contribution in [0.15, 0.2) is 6.07 Å². The van der Waals surface area contributed by atoms with Crippen molar-refractivity contribution >= 4 is 17.7 Å². The van der Waals surface area contributed by atoms with Crippen LogP contribution in [0, 0.1) is 6.92 Å². The van der Waals surface area contributed by atoms with Crippen molar-refractivity contribution in [3.05, 3.63) is 34.3 Å². The lowest BCUT2D eigenvalue weighted by atomic mass is 9.92. The van der Waals surface area contributed by atoms with E-state index in [4.69, 9.17) is 9.84 Å². The molecule has 1 amide bonds. The first-order chi connectivity index (χ1) is 12.8. The molecule has 2 aromatic heterocycles. The Kier molecular flexibility index (Phi) is 5.78. The molecule has 2 N–H and O–H groups in total. The average molecular weight is 389 g/mol. The van der Waals surface area contributed by atoms with E-state index in [2.05, 4.69) is 31.1 Å². The number of anilines is 1. The fourth-order valence-electron chi connectivity index (χ4n) is 3.06. The molecule has 7 heteroatoms. The Morgan fingerprint density at radius 3 is 2.29 bits per heavy atom. The fraction of sp³-hybridized carbons (Fsp3) is 0.571. The molecule has 2 heterocycles. The zero-order chi connectivity index (χ0) is 21.4. The van der Waals surface area contributed by atoms with Crippen molar-refractivity contribution in [3.63, 3.8) is 0 Å². The Labute approximate surface area is 166 Å². The van der Waals surface area contributed by atoms with Gasteiger partial charge in [0.15, 0.2) is 0 Å². The number of aromatic nitrogens is 3. The number of methoxy groups -OCH3 is 1. The molecule has 0 saturated heterocycles. The summed E-state index contributed by atoms with van der Waals surface area (Å²) in [7, 11) is 1.34. The average Bonchev–Trinajstić information content (AvgIpc) is 3.14. The minimum Gasteiger partial charge on any atom is -0.465 e. The van der Waals surface area contributed by atoms with Gasteiger partial charge in [-0.3, -0.25) is 4.79 Å². The van der Waals surface area contributed by atoms with Gasteiger partial charge in [0, 0.05) is 17.2 Å². The van der Waals surface area contributed by atoms with Crippen LogP contribution >= 0.6 is 0 Å². The lowest BCUT2D eigenvalue weighted by molar-refractivity contribution is 0.0599. The van der Waals surface area contributed by atoms with Gasteiger partial charge in [-0.05, 0) is 39.7 Å². The van der Waals surface area contributed by atoms with Crippen molar-refractivity contribution in [2.45, 2.75) is 72.8 Å². The van der Waals surface area contributed by atoms with Crippen LogP contribution in [0.25, 0.3) is 0 Å². The highest BCUT2D eigenvalue weighted by Crippen LogP contribution is 2.29. The largest absolute Gasteiger partial charge is 0.465 e. The maximum absolute atomic E-state index is 13.0. The second kappa shape index (κ2) is 7.45. The lowest BCUT2D eigenvalue weighted by Crippen LogP contribution is -2.27. The number of hydrogen-bond donors (Lipinski definition) is 2. The molecule has 0 aliphatic rings. The molecule has 0 atom stereocenters. The van der Waals surface area contributed by atoms with E-state index in [1.807, 2.05) is 38.4 Å².